The summed E-state index contributed by atoms with van der Waals surface area (Å²) in [6.45, 7) is 1.28. The molecule has 0 amide bonds. The van der Waals surface area contributed by atoms with Crippen LogP contribution >= 0.6 is 0 Å². The predicted molar refractivity (Wildman–Crippen MR) is 19.0 cm³/mol. The second kappa shape index (κ2) is 0.977. The molecule has 1 aliphatic carbocycles. The molecule has 0 atom stereocenters. The summed E-state index contributed by atoms with van der Waals surface area (Å²) in [4.78, 5) is 0. The van der Waals surface area contributed by atoms with Gasteiger partial charge in [-0.3, -0.25) is 0 Å². The standard InChI is InChI=1S/C4H7O/c5-3-4-1-2-4/h3-5H,1-2H2. The van der Waals surface area contributed by atoms with Gasteiger partial charge in [-0.1, -0.05) is 0 Å². The van der Waals surface area contributed by atoms with Gasteiger partial charge in [0, 0.05) is 0 Å². The molecule has 5 heavy (non-hydrogen) atoms. The van der Waals surface area contributed by atoms with E-state index in [0.29, 0.717) is 5.92 Å². The molecule has 0 aromatic heterocycles. The zero-order chi connectivity index (χ0) is 3.70. The van der Waals surface area contributed by atoms with Crippen LogP contribution in [0.2, 0.25) is 0 Å². The molecule has 1 rings (SSSR count). The number of aliphatic hydroxyl groups excluding tert-OH is 1. The highest BCUT2D eigenvalue weighted by Crippen LogP contribution is 2.29. The molecule has 0 aliphatic heterocycles. The van der Waals surface area contributed by atoms with Crippen LogP contribution in [0, 0.1) is 12.5 Å². The van der Waals surface area contributed by atoms with Crippen molar-refractivity contribution in [2.75, 3.05) is 0 Å². The van der Waals surface area contributed by atoms with Gasteiger partial charge in [-0.2, -0.15) is 0 Å². The summed E-state index contributed by atoms with van der Waals surface area (Å²) in [5, 5.41) is 8.08. The lowest BCUT2D eigenvalue weighted by atomic mass is 10.5. The Morgan fingerprint density at radius 3 is 2.20 bits per heavy atom. The van der Waals surface area contributed by atoms with E-state index in [-0.39, 0.29) is 0 Å². The Morgan fingerprint density at radius 2 is 2.20 bits per heavy atom. The number of aliphatic hydroxyl groups is 1. The third-order valence-corrected chi connectivity index (χ3v) is 0.833. The largest absolute Gasteiger partial charge is 0.390 e. The maximum Gasteiger partial charge on any atom is 0.0829 e. The summed E-state index contributed by atoms with van der Waals surface area (Å²) >= 11 is 0. The molecule has 0 bridgehead atoms. The van der Waals surface area contributed by atoms with Crippen LogP contribution in [0.3, 0.4) is 0 Å². The minimum Gasteiger partial charge on any atom is -0.390 e. The van der Waals surface area contributed by atoms with Crippen LogP contribution in [0.25, 0.3) is 0 Å². The molecule has 1 heteroatoms. The Balaban J connectivity index is 2.00. The van der Waals surface area contributed by atoms with Gasteiger partial charge in [0.05, 0.1) is 6.61 Å². The zero-order valence-corrected chi connectivity index (χ0v) is 3.02. The lowest BCUT2D eigenvalue weighted by Crippen LogP contribution is -1.67. The first-order valence-electron chi connectivity index (χ1n) is 1.91. The van der Waals surface area contributed by atoms with Gasteiger partial charge in [-0.25, -0.2) is 0 Å². The van der Waals surface area contributed by atoms with Gasteiger partial charge in [0.1, 0.15) is 0 Å². The van der Waals surface area contributed by atoms with Crippen molar-refractivity contribution in [3.05, 3.63) is 6.61 Å². The van der Waals surface area contributed by atoms with E-state index >= 15 is 0 Å². The highest BCUT2D eigenvalue weighted by molar-refractivity contribution is 4.78. The van der Waals surface area contributed by atoms with Crippen molar-refractivity contribution in [1.82, 2.24) is 0 Å². The maximum atomic E-state index is 8.08. The van der Waals surface area contributed by atoms with Crippen LogP contribution < -0.4 is 0 Å². The molecule has 1 N–H and O–H groups in total. The van der Waals surface area contributed by atoms with Crippen molar-refractivity contribution < 1.29 is 5.11 Å². The van der Waals surface area contributed by atoms with Gasteiger partial charge in [-0.15, -0.1) is 0 Å². The number of hydrogen-bond acceptors (Lipinski definition) is 1. The van der Waals surface area contributed by atoms with Crippen molar-refractivity contribution in [2.24, 2.45) is 5.92 Å². The van der Waals surface area contributed by atoms with E-state index in [1.807, 2.05) is 0 Å². The second-order valence-electron chi connectivity index (χ2n) is 1.49. The van der Waals surface area contributed by atoms with Crippen LogP contribution in [-0.4, -0.2) is 5.11 Å². The van der Waals surface area contributed by atoms with Crippen molar-refractivity contribution in [3.8, 4) is 0 Å². The van der Waals surface area contributed by atoms with Gasteiger partial charge in [-0.05, 0) is 18.8 Å². The van der Waals surface area contributed by atoms with Gasteiger partial charge < -0.3 is 5.11 Å². The van der Waals surface area contributed by atoms with Crippen LogP contribution in [0.5, 0.6) is 0 Å². The molecule has 1 saturated carbocycles. The molecule has 0 unspecified atom stereocenters. The van der Waals surface area contributed by atoms with E-state index in [1.54, 1.807) is 0 Å². The molecule has 1 aliphatic rings. The van der Waals surface area contributed by atoms with E-state index < -0.39 is 0 Å². The van der Waals surface area contributed by atoms with Crippen LogP contribution in [-0.2, 0) is 0 Å². The maximum absolute atomic E-state index is 8.08. The van der Waals surface area contributed by atoms with Crippen LogP contribution in [0.15, 0.2) is 0 Å². The monoisotopic (exact) mass is 71.0 g/mol. The van der Waals surface area contributed by atoms with Gasteiger partial charge in [0.15, 0.2) is 0 Å². The van der Waals surface area contributed by atoms with Crippen LogP contribution in [0.1, 0.15) is 12.8 Å². The van der Waals surface area contributed by atoms with Crippen LogP contribution in [0.4, 0.5) is 0 Å². The first-order chi connectivity index (χ1) is 2.43. The molecular formula is C4H7O. The molecule has 1 nitrogen and oxygen atoms in total. The first kappa shape index (κ1) is 3.16. The molecule has 0 aromatic carbocycles. The topological polar surface area (TPSA) is 20.2 Å². The fourth-order valence-electron chi connectivity index (χ4n) is 0.245. The normalized spacial score (nSPS) is 23.4. The van der Waals surface area contributed by atoms with Crippen molar-refractivity contribution in [2.45, 2.75) is 12.8 Å². The Kier molecular flexibility index (Phi) is 0.618. The summed E-state index contributed by atoms with van der Waals surface area (Å²) in [6, 6.07) is 0. The summed E-state index contributed by atoms with van der Waals surface area (Å²) in [5.74, 6) is 0.565. The lowest BCUT2D eigenvalue weighted by molar-refractivity contribution is 0.365. The third-order valence-electron chi connectivity index (χ3n) is 0.833. The van der Waals surface area contributed by atoms with Gasteiger partial charge >= 0.3 is 0 Å². The van der Waals surface area contributed by atoms with E-state index in [1.165, 1.54) is 19.4 Å². The third kappa shape index (κ3) is 0.618. The minimum atomic E-state index is 0.565. The SMILES string of the molecule is O[CH]C1CC1. The van der Waals surface area contributed by atoms with Gasteiger partial charge in [0.2, 0.25) is 0 Å². The van der Waals surface area contributed by atoms with Crippen molar-refractivity contribution >= 4 is 0 Å². The second-order valence-corrected chi connectivity index (χ2v) is 1.49. The first-order valence-corrected chi connectivity index (χ1v) is 1.91. The quantitative estimate of drug-likeness (QED) is 0.487. The predicted octanol–water partition coefficient (Wildman–Crippen LogP) is 0.931. The summed E-state index contributed by atoms with van der Waals surface area (Å²) < 4.78 is 0. The molecule has 0 saturated heterocycles. The summed E-state index contributed by atoms with van der Waals surface area (Å²) in [5.41, 5.74) is 0. The van der Waals surface area contributed by atoms with E-state index in [2.05, 4.69) is 0 Å². The summed E-state index contributed by atoms with van der Waals surface area (Å²) in [7, 11) is 0. The molecule has 1 fully saturated rings. The van der Waals surface area contributed by atoms with E-state index in [0.717, 1.165) is 0 Å². The van der Waals surface area contributed by atoms with E-state index in [4.69, 9.17) is 5.11 Å². The Bertz CT molecular complexity index is 30.6. The molecule has 0 spiro atoms. The Morgan fingerprint density at radius 1 is 1.60 bits per heavy atom. The highest BCUT2D eigenvalue weighted by atomic mass is 16.3. The fourth-order valence-corrected chi connectivity index (χ4v) is 0.245. The molecule has 29 valence electrons. The van der Waals surface area contributed by atoms with Gasteiger partial charge in [0.25, 0.3) is 0 Å². The average molecular weight is 71.1 g/mol. The summed E-state index contributed by atoms with van der Waals surface area (Å²) in [6.07, 6.45) is 2.41. The van der Waals surface area contributed by atoms with E-state index in [9.17, 15) is 0 Å². The zero-order valence-electron chi connectivity index (χ0n) is 3.02. The number of hydrogen-bond donors (Lipinski definition) is 1. The number of rotatable bonds is 1. The van der Waals surface area contributed by atoms with Crippen molar-refractivity contribution in [1.29, 1.82) is 0 Å². The minimum absolute atomic E-state index is 0.565. The smallest absolute Gasteiger partial charge is 0.0829 e. The average Bonchev–Trinajstić information content (AvgIpc) is 2.12. The molecule has 0 heterocycles. The Hall–Kier alpha value is -0.0400. The lowest BCUT2D eigenvalue weighted by Gasteiger charge is -1.72. The van der Waals surface area contributed by atoms with Crippen molar-refractivity contribution in [3.63, 3.8) is 0 Å². The molecule has 0 aromatic rings. The molecular weight excluding hydrogens is 64.0 g/mol. The highest BCUT2D eigenvalue weighted by Gasteiger charge is 2.19. The fraction of sp³-hybridized carbons (Fsp3) is 0.750. The molecule has 1 radical (unpaired) electrons. The Labute approximate surface area is 31.6 Å².